The van der Waals surface area contributed by atoms with Crippen LogP contribution in [-0.2, 0) is 20.4 Å². The molecule has 0 bridgehead atoms. The zero-order valence-corrected chi connectivity index (χ0v) is 13.5. The number of sulfone groups is 1. The van der Waals surface area contributed by atoms with Crippen LogP contribution in [0, 0.1) is 6.92 Å². The molecule has 1 amide bonds. The minimum absolute atomic E-state index is 0.113. The number of amides is 1. The highest BCUT2D eigenvalue weighted by Crippen LogP contribution is 2.15. The van der Waals surface area contributed by atoms with Gasteiger partial charge < -0.3 is 5.32 Å². The number of aryl methyl sites for hydroxylation is 1. The highest BCUT2D eigenvalue weighted by Gasteiger charge is 2.30. The molecule has 0 unspecified atom stereocenters. The topological polar surface area (TPSA) is 63.2 Å². The number of nitrogens with one attached hydrogen (secondary N) is 1. The Kier molecular flexibility index (Phi) is 4.97. The van der Waals surface area contributed by atoms with Gasteiger partial charge in [-0.25, -0.2) is 8.42 Å². The highest BCUT2D eigenvalue weighted by atomic mass is 32.2. The highest BCUT2D eigenvalue weighted by molar-refractivity contribution is 7.92. The Balaban J connectivity index is 2.89. The third-order valence-electron chi connectivity index (χ3n) is 3.02. The monoisotopic (exact) mass is 297 g/mol. The molecule has 0 saturated carbocycles. The van der Waals surface area contributed by atoms with Crippen molar-refractivity contribution in [2.75, 3.05) is 0 Å². The summed E-state index contributed by atoms with van der Waals surface area (Å²) in [7, 11) is -3.52. The van der Waals surface area contributed by atoms with Crippen molar-refractivity contribution in [3.63, 3.8) is 0 Å². The number of carbonyl (C=O) groups excluding carboxylic acids is 1. The fourth-order valence-corrected chi connectivity index (χ4v) is 3.14. The third kappa shape index (κ3) is 4.63. The molecule has 0 fully saturated rings. The van der Waals surface area contributed by atoms with Crippen molar-refractivity contribution in [2.45, 2.75) is 51.2 Å². The smallest absolute Gasteiger partial charge is 0.238 e. The number of rotatable bonds is 4. The lowest BCUT2D eigenvalue weighted by Gasteiger charge is -2.23. The fourth-order valence-electron chi connectivity index (χ4n) is 1.75. The molecule has 1 aromatic rings. The lowest BCUT2D eigenvalue weighted by Crippen LogP contribution is -2.47. The predicted octanol–water partition coefficient (Wildman–Crippen LogP) is 2.21. The van der Waals surface area contributed by atoms with Gasteiger partial charge in [0.15, 0.2) is 9.84 Å². The Labute approximate surface area is 121 Å². The maximum Gasteiger partial charge on any atom is 0.238 e. The molecule has 0 saturated heterocycles. The van der Waals surface area contributed by atoms with Crippen molar-refractivity contribution in [2.24, 2.45) is 0 Å². The van der Waals surface area contributed by atoms with Gasteiger partial charge in [0.25, 0.3) is 0 Å². The predicted molar refractivity (Wildman–Crippen MR) is 81.2 cm³/mol. The van der Waals surface area contributed by atoms with E-state index in [2.05, 4.69) is 5.32 Å². The summed E-state index contributed by atoms with van der Waals surface area (Å²) in [6.07, 6.45) is 0. The van der Waals surface area contributed by atoms with Gasteiger partial charge in [-0.05, 0) is 45.7 Å². The van der Waals surface area contributed by atoms with Crippen molar-refractivity contribution in [1.82, 2.24) is 5.32 Å². The summed E-state index contributed by atoms with van der Waals surface area (Å²) < 4.78 is 24.6. The van der Waals surface area contributed by atoms with E-state index in [1.165, 1.54) is 6.92 Å². The molecule has 0 aliphatic heterocycles. The van der Waals surface area contributed by atoms with Crippen LogP contribution in [0.1, 0.15) is 38.8 Å². The summed E-state index contributed by atoms with van der Waals surface area (Å²) in [6, 6.07) is 7.31. The van der Waals surface area contributed by atoms with Crippen molar-refractivity contribution >= 4 is 15.7 Å². The largest absolute Gasteiger partial charge is 0.350 e. The summed E-state index contributed by atoms with van der Waals surface area (Å²) in [5.74, 6) is -0.565. The second kappa shape index (κ2) is 5.95. The Hall–Kier alpha value is -1.36. The van der Waals surface area contributed by atoms with Gasteiger partial charge in [-0.1, -0.05) is 24.3 Å². The van der Waals surface area contributed by atoms with E-state index in [0.29, 0.717) is 0 Å². The first kappa shape index (κ1) is 16.7. The van der Waals surface area contributed by atoms with Crippen LogP contribution >= 0.6 is 0 Å². The summed E-state index contributed by atoms with van der Waals surface area (Å²) in [5, 5.41) is 1.65. The van der Waals surface area contributed by atoms with E-state index in [1.54, 1.807) is 12.1 Å². The van der Waals surface area contributed by atoms with Crippen LogP contribution in [0.2, 0.25) is 0 Å². The van der Waals surface area contributed by atoms with Crippen molar-refractivity contribution in [3.8, 4) is 0 Å². The number of hydrogen-bond donors (Lipinski definition) is 1. The summed E-state index contributed by atoms with van der Waals surface area (Å²) >= 11 is 0. The molecule has 4 nitrogen and oxygen atoms in total. The van der Waals surface area contributed by atoms with Gasteiger partial charge in [0.2, 0.25) is 5.91 Å². The van der Waals surface area contributed by atoms with Crippen LogP contribution in [0.5, 0.6) is 0 Å². The normalized spacial score (nSPS) is 13.8. The SMILES string of the molecule is Cc1ccccc1CS(=O)(=O)[C@@H](C)C(=O)NC(C)(C)C. The minimum Gasteiger partial charge on any atom is -0.350 e. The van der Waals surface area contributed by atoms with Crippen LogP contribution in [0.3, 0.4) is 0 Å². The molecular formula is C15H23NO3S. The maximum atomic E-state index is 12.3. The van der Waals surface area contributed by atoms with Gasteiger partial charge in [0, 0.05) is 5.54 Å². The second-order valence-corrected chi connectivity index (χ2v) is 8.44. The van der Waals surface area contributed by atoms with Gasteiger partial charge in [-0.15, -0.1) is 0 Å². The lowest BCUT2D eigenvalue weighted by atomic mass is 10.1. The van der Waals surface area contributed by atoms with Gasteiger partial charge in [-0.2, -0.15) is 0 Å². The van der Waals surface area contributed by atoms with Gasteiger partial charge >= 0.3 is 0 Å². The molecule has 1 N–H and O–H groups in total. The molecule has 0 heterocycles. The van der Waals surface area contributed by atoms with E-state index in [4.69, 9.17) is 0 Å². The Morgan fingerprint density at radius 2 is 1.80 bits per heavy atom. The van der Waals surface area contributed by atoms with Crippen LogP contribution in [0.25, 0.3) is 0 Å². The van der Waals surface area contributed by atoms with Crippen LogP contribution in [-0.4, -0.2) is 25.1 Å². The van der Waals surface area contributed by atoms with Crippen molar-refractivity contribution in [1.29, 1.82) is 0 Å². The zero-order valence-electron chi connectivity index (χ0n) is 12.7. The first-order valence-electron chi connectivity index (χ1n) is 6.61. The number of hydrogen-bond acceptors (Lipinski definition) is 3. The quantitative estimate of drug-likeness (QED) is 0.927. The molecule has 0 aromatic heterocycles. The molecule has 5 heteroatoms. The molecule has 1 rings (SSSR count). The number of carbonyl (C=O) groups is 1. The summed E-state index contributed by atoms with van der Waals surface area (Å²) in [4.78, 5) is 12.0. The second-order valence-electron chi connectivity index (χ2n) is 6.12. The first-order valence-corrected chi connectivity index (χ1v) is 8.32. The lowest BCUT2D eigenvalue weighted by molar-refractivity contribution is -0.121. The van der Waals surface area contributed by atoms with Gasteiger partial charge in [0.1, 0.15) is 5.25 Å². The molecule has 20 heavy (non-hydrogen) atoms. The molecule has 0 spiro atoms. The molecule has 1 aromatic carbocycles. The van der Waals surface area contributed by atoms with Crippen LogP contribution in [0.4, 0.5) is 0 Å². The van der Waals surface area contributed by atoms with E-state index in [1.807, 2.05) is 39.8 Å². The first-order chi connectivity index (χ1) is 9.03. The van der Waals surface area contributed by atoms with E-state index >= 15 is 0 Å². The van der Waals surface area contributed by atoms with E-state index in [-0.39, 0.29) is 5.75 Å². The molecule has 0 radical (unpaired) electrons. The van der Waals surface area contributed by atoms with Crippen molar-refractivity contribution < 1.29 is 13.2 Å². The standard InChI is InChI=1S/C15H23NO3S/c1-11-8-6-7-9-13(11)10-20(18,19)12(2)14(17)16-15(3,4)5/h6-9,12H,10H2,1-5H3,(H,16,17)/t12-/m0/s1. The van der Waals surface area contributed by atoms with E-state index < -0.39 is 26.5 Å². The molecule has 0 aliphatic rings. The minimum atomic E-state index is -3.52. The summed E-state index contributed by atoms with van der Waals surface area (Å²) in [6.45, 7) is 8.78. The average Bonchev–Trinajstić information content (AvgIpc) is 2.28. The van der Waals surface area contributed by atoms with Crippen LogP contribution in [0.15, 0.2) is 24.3 Å². The van der Waals surface area contributed by atoms with Crippen LogP contribution < -0.4 is 5.32 Å². The Morgan fingerprint density at radius 3 is 2.30 bits per heavy atom. The molecule has 1 atom stereocenters. The fraction of sp³-hybridized carbons (Fsp3) is 0.533. The van der Waals surface area contributed by atoms with E-state index in [9.17, 15) is 13.2 Å². The summed E-state index contributed by atoms with van der Waals surface area (Å²) in [5.41, 5.74) is 1.21. The Morgan fingerprint density at radius 1 is 1.25 bits per heavy atom. The van der Waals surface area contributed by atoms with Gasteiger partial charge in [0.05, 0.1) is 5.75 Å². The van der Waals surface area contributed by atoms with E-state index in [0.717, 1.165) is 11.1 Å². The van der Waals surface area contributed by atoms with Gasteiger partial charge in [-0.3, -0.25) is 4.79 Å². The third-order valence-corrected chi connectivity index (χ3v) is 5.03. The van der Waals surface area contributed by atoms with Crippen molar-refractivity contribution in [3.05, 3.63) is 35.4 Å². The zero-order chi connectivity index (χ0) is 15.6. The molecule has 112 valence electrons. The maximum absolute atomic E-state index is 12.3. The number of benzene rings is 1. The Bertz CT molecular complexity index is 585. The average molecular weight is 297 g/mol. The molecule has 0 aliphatic carbocycles. The molecular weight excluding hydrogens is 274 g/mol.